The van der Waals surface area contributed by atoms with Gasteiger partial charge in [0.1, 0.15) is 0 Å². The predicted molar refractivity (Wildman–Crippen MR) is 89.6 cm³/mol. The summed E-state index contributed by atoms with van der Waals surface area (Å²) < 4.78 is 0. The number of benzene rings is 1. The summed E-state index contributed by atoms with van der Waals surface area (Å²) in [7, 11) is 0. The van der Waals surface area contributed by atoms with E-state index in [9.17, 15) is 0 Å². The Labute approximate surface area is 129 Å². The second-order valence-electron chi connectivity index (χ2n) is 7.74. The van der Waals surface area contributed by atoms with Crippen molar-refractivity contribution in [3.63, 3.8) is 0 Å². The van der Waals surface area contributed by atoms with Crippen molar-refractivity contribution in [1.29, 1.82) is 0 Å². The molecule has 116 valence electrons. The molecule has 1 aliphatic heterocycles. The van der Waals surface area contributed by atoms with Crippen molar-refractivity contribution in [2.45, 2.75) is 70.5 Å². The number of piperidine rings is 1. The maximum Gasteiger partial charge on any atom is 0.0325 e. The molecule has 1 heterocycles. The normalized spacial score (nSPS) is 24.8. The maximum atomic E-state index is 3.96. The first-order chi connectivity index (χ1) is 10.0. The number of hydrogen-bond donors (Lipinski definition) is 1. The van der Waals surface area contributed by atoms with Crippen LogP contribution in [0.4, 0.5) is 0 Å². The molecule has 0 aromatic heterocycles. The summed E-state index contributed by atoms with van der Waals surface area (Å²) in [5, 5.41) is 3.96. The zero-order chi connectivity index (χ0) is 14.9. The Morgan fingerprint density at radius 3 is 2.48 bits per heavy atom. The Balaban J connectivity index is 1.59. The van der Waals surface area contributed by atoms with Crippen LogP contribution in [-0.4, -0.2) is 29.6 Å². The first-order valence-electron chi connectivity index (χ1n) is 8.63. The van der Waals surface area contributed by atoms with Crippen molar-refractivity contribution in [3.8, 4) is 0 Å². The highest BCUT2D eigenvalue weighted by molar-refractivity contribution is 5.32. The standard InChI is InChI=1S/C19H30N2/c1-19(2,3)21-13-11-16(12-14-21)20-18-10-6-8-15-7-4-5-9-17(15)18/h4-5,7,9,16,18,20H,6,8,10-14H2,1-3H3. The van der Waals surface area contributed by atoms with E-state index in [0.29, 0.717) is 17.6 Å². The lowest BCUT2D eigenvalue weighted by atomic mass is 9.86. The highest BCUT2D eigenvalue weighted by Crippen LogP contribution is 2.31. The van der Waals surface area contributed by atoms with Gasteiger partial charge in [-0.2, -0.15) is 0 Å². The van der Waals surface area contributed by atoms with E-state index in [0.717, 1.165) is 0 Å². The lowest BCUT2D eigenvalue weighted by molar-refractivity contribution is 0.0931. The minimum atomic E-state index is 0.322. The Morgan fingerprint density at radius 2 is 1.76 bits per heavy atom. The molecule has 1 saturated heterocycles. The highest BCUT2D eigenvalue weighted by Gasteiger charge is 2.29. The average molecular weight is 286 g/mol. The van der Waals surface area contributed by atoms with Gasteiger partial charge in [-0.1, -0.05) is 24.3 Å². The lowest BCUT2D eigenvalue weighted by Crippen LogP contribution is -2.50. The first kappa shape index (κ1) is 15.1. The van der Waals surface area contributed by atoms with Gasteiger partial charge in [-0.25, -0.2) is 0 Å². The quantitative estimate of drug-likeness (QED) is 0.886. The number of rotatable bonds is 2. The third-order valence-corrected chi connectivity index (χ3v) is 5.25. The molecule has 0 amide bonds. The average Bonchev–Trinajstić information content (AvgIpc) is 2.47. The second kappa shape index (κ2) is 6.10. The van der Waals surface area contributed by atoms with Gasteiger partial charge in [-0.3, -0.25) is 4.90 Å². The van der Waals surface area contributed by atoms with Gasteiger partial charge in [-0.05, 0) is 64.0 Å². The van der Waals surface area contributed by atoms with Crippen molar-refractivity contribution in [2.75, 3.05) is 13.1 Å². The van der Waals surface area contributed by atoms with E-state index in [-0.39, 0.29) is 0 Å². The number of aryl methyl sites for hydroxylation is 1. The molecule has 0 saturated carbocycles. The van der Waals surface area contributed by atoms with E-state index in [1.165, 1.54) is 45.2 Å². The van der Waals surface area contributed by atoms with Crippen molar-refractivity contribution < 1.29 is 0 Å². The van der Waals surface area contributed by atoms with Crippen LogP contribution in [0.3, 0.4) is 0 Å². The number of nitrogens with one attached hydrogen (secondary N) is 1. The topological polar surface area (TPSA) is 15.3 Å². The van der Waals surface area contributed by atoms with Gasteiger partial charge < -0.3 is 5.32 Å². The zero-order valence-electron chi connectivity index (χ0n) is 13.9. The summed E-state index contributed by atoms with van der Waals surface area (Å²) in [5.41, 5.74) is 3.44. The van der Waals surface area contributed by atoms with Gasteiger partial charge >= 0.3 is 0 Å². The van der Waals surface area contributed by atoms with Gasteiger partial charge in [0.15, 0.2) is 0 Å². The molecule has 0 spiro atoms. The monoisotopic (exact) mass is 286 g/mol. The van der Waals surface area contributed by atoms with Gasteiger partial charge in [0.05, 0.1) is 0 Å². The summed E-state index contributed by atoms with van der Waals surface area (Å²) in [5.74, 6) is 0. The molecule has 1 aromatic carbocycles. The molecule has 1 fully saturated rings. The summed E-state index contributed by atoms with van der Waals surface area (Å²) >= 11 is 0. The van der Waals surface area contributed by atoms with E-state index in [1.54, 1.807) is 11.1 Å². The fraction of sp³-hybridized carbons (Fsp3) is 0.684. The Hall–Kier alpha value is -0.860. The summed E-state index contributed by atoms with van der Waals surface area (Å²) in [6.45, 7) is 9.46. The molecule has 3 rings (SSSR count). The smallest absolute Gasteiger partial charge is 0.0325 e. The Kier molecular flexibility index (Phi) is 4.37. The minimum Gasteiger partial charge on any atom is -0.307 e. The molecule has 1 aliphatic carbocycles. The van der Waals surface area contributed by atoms with Crippen LogP contribution in [0.2, 0.25) is 0 Å². The Morgan fingerprint density at radius 1 is 1.05 bits per heavy atom. The number of fused-ring (bicyclic) bond motifs is 1. The van der Waals surface area contributed by atoms with Crippen LogP contribution < -0.4 is 5.32 Å². The molecule has 0 bridgehead atoms. The molecule has 1 N–H and O–H groups in total. The number of nitrogens with zero attached hydrogens (tertiary/aromatic N) is 1. The van der Waals surface area contributed by atoms with Crippen LogP contribution in [0, 0.1) is 0 Å². The number of hydrogen-bond acceptors (Lipinski definition) is 2. The van der Waals surface area contributed by atoms with Crippen molar-refractivity contribution in [2.24, 2.45) is 0 Å². The van der Waals surface area contributed by atoms with Crippen LogP contribution in [0.25, 0.3) is 0 Å². The van der Waals surface area contributed by atoms with Crippen LogP contribution in [0.1, 0.15) is 63.6 Å². The predicted octanol–water partition coefficient (Wildman–Crippen LogP) is 3.92. The molecule has 1 atom stereocenters. The fourth-order valence-electron chi connectivity index (χ4n) is 3.93. The fourth-order valence-corrected chi connectivity index (χ4v) is 3.93. The molecule has 2 nitrogen and oxygen atoms in total. The van der Waals surface area contributed by atoms with E-state index in [2.05, 4.69) is 55.3 Å². The van der Waals surface area contributed by atoms with Gasteiger partial charge in [-0.15, -0.1) is 0 Å². The van der Waals surface area contributed by atoms with E-state index >= 15 is 0 Å². The summed E-state index contributed by atoms with van der Waals surface area (Å²) in [4.78, 5) is 2.62. The van der Waals surface area contributed by atoms with Crippen molar-refractivity contribution in [3.05, 3.63) is 35.4 Å². The van der Waals surface area contributed by atoms with Crippen LogP contribution in [-0.2, 0) is 6.42 Å². The molecule has 1 unspecified atom stereocenters. The summed E-state index contributed by atoms with van der Waals surface area (Å²) in [6.07, 6.45) is 6.47. The third kappa shape index (κ3) is 3.49. The highest BCUT2D eigenvalue weighted by atomic mass is 15.2. The largest absolute Gasteiger partial charge is 0.307 e. The van der Waals surface area contributed by atoms with Crippen LogP contribution >= 0.6 is 0 Å². The van der Waals surface area contributed by atoms with Crippen molar-refractivity contribution in [1.82, 2.24) is 10.2 Å². The molecule has 21 heavy (non-hydrogen) atoms. The van der Waals surface area contributed by atoms with E-state index < -0.39 is 0 Å². The second-order valence-corrected chi connectivity index (χ2v) is 7.74. The van der Waals surface area contributed by atoms with E-state index in [4.69, 9.17) is 0 Å². The van der Waals surface area contributed by atoms with Gasteiger partial charge in [0, 0.05) is 30.7 Å². The van der Waals surface area contributed by atoms with Gasteiger partial charge in [0.2, 0.25) is 0 Å². The molecule has 0 radical (unpaired) electrons. The third-order valence-electron chi connectivity index (χ3n) is 5.25. The zero-order valence-corrected chi connectivity index (χ0v) is 13.9. The lowest BCUT2D eigenvalue weighted by Gasteiger charge is -2.42. The Bertz CT molecular complexity index is 467. The first-order valence-corrected chi connectivity index (χ1v) is 8.63. The SMILES string of the molecule is CC(C)(C)N1CCC(NC2CCCc3ccccc32)CC1. The van der Waals surface area contributed by atoms with E-state index in [1.807, 2.05) is 0 Å². The van der Waals surface area contributed by atoms with Crippen LogP contribution in [0.15, 0.2) is 24.3 Å². The molecule has 1 aromatic rings. The number of likely N-dealkylation sites (tertiary alicyclic amines) is 1. The summed E-state index contributed by atoms with van der Waals surface area (Å²) in [6, 6.07) is 10.3. The maximum absolute atomic E-state index is 3.96. The molecular weight excluding hydrogens is 256 g/mol. The van der Waals surface area contributed by atoms with Gasteiger partial charge in [0.25, 0.3) is 0 Å². The molecule has 2 heteroatoms. The van der Waals surface area contributed by atoms with Crippen LogP contribution in [0.5, 0.6) is 0 Å². The minimum absolute atomic E-state index is 0.322. The molecular formula is C19H30N2. The van der Waals surface area contributed by atoms with Crippen molar-refractivity contribution >= 4 is 0 Å². The molecule has 2 aliphatic rings.